The van der Waals surface area contributed by atoms with Gasteiger partial charge < -0.3 is 5.73 Å². The highest BCUT2D eigenvalue weighted by Gasteiger charge is 2.17. The first-order chi connectivity index (χ1) is 9.90. The molecule has 0 spiro atoms. The van der Waals surface area contributed by atoms with Gasteiger partial charge in [0.15, 0.2) is 0 Å². The molecule has 0 aliphatic rings. The molecule has 110 valence electrons. The number of nitrogen functional groups attached to an aromatic ring is 1. The predicted molar refractivity (Wildman–Crippen MR) is 75.8 cm³/mol. The van der Waals surface area contributed by atoms with Gasteiger partial charge in [0.05, 0.1) is 4.92 Å². The van der Waals surface area contributed by atoms with E-state index in [-0.39, 0.29) is 28.5 Å². The van der Waals surface area contributed by atoms with Gasteiger partial charge in [0, 0.05) is 24.4 Å². The summed E-state index contributed by atoms with van der Waals surface area (Å²) in [7, 11) is -3.81. The highest BCUT2D eigenvalue weighted by molar-refractivity contribution is 7.89. The fraction of sp³-hybridized carbons (Fsp3) is 0.0833. The summed E-state index contributed by atoms with van der Waals surface area (Å²) >= 11 is 0. The standard InChI is InChI=1S/C12H12N4O4S/c13-12-6-5-10(8-14-12)21(19,20)15-7-9-3-1-2-4-11(9)16(17)18/h1-6,8,15H,7H2,(H2,13,14). The summed E-state index contributed by atoms with van der Waals surface area (Å²) in [5.41, 5.74) is 5.52. The van der Waals surface area contributed by atoms with E-state index in [1.54, 1.807) is 6.07 Å². The molecule has 1 aromatic heterocycles. The van der Waals surface area contributed by atoms with E-state index in [4.69, 9.17) is 5.73 Å². The zero-order chi connectivity index (χ0) is 15.5. The lowest BCUT2D eigenvalue weighted by molar-refractivity contribution is -0.385. The van der Waals surface area contributed by atoms with E-state index in [1.807, 2.05) is 0 Å². The van der Waals surface area contributed by atoms with Gasteiger partial charge in [-0.25, -0.2) is 18.1 Å². The fourth-order valence-electron chi connectivity index (χ4n) is 1.65. The monoisotopic (exact) mass is 308 g/mol. The average Bonchev–Trinajstić information content (AvgIpc) is 2.46. The van der Waals surface area contributed by atoms with E-state index >= 15 is 0 Å². The van der Waals surface area contributed by atoms with E-state index in [0.29, 0.717) is 0 Å². The van der Waals surface area contributed by atoms with Crippen molar-refractivity contribution >= 4 is 21.5 Å². The molecule has 8 nitrogen and oxygen atoms in total. The number of nitrogens with one attached hydrogen (secondary N) is 1. The number of pyridine rings is 1. The summed E-state index contributed by atoms with van der Waals surface area (Å²) in [5, 5.41) is 10.9. The molecule has 0 amide bonds. The van der Waals surface area contributed by atoms with E-state index in [2.05, 4.69) is 9.71 Å². The third kappa shape index (κ3) is 3.52. The maximum absolute atomic E-state index is 12.0. The maximum Gasteiger partial charge on any atom is 0.273 e. The average molecular weight is 308 g/mol. The van der Waals surface area contributed by atoms with Crippen LogP contribution in [0.25, 0.3) is 0 Å². The third-order valence-electron chi connectivity index (χ3n) is 2.71. The zero-order valence-electron chi connectivity index (χ0n) is 10.8. The van der Waals surface area contributed by atoms with Gasteiger partial charge in [-0.15, -0.1) is 0 Å². The van der Waals surface area contributed by atoms with Crippen molar-refractivity contribution in [3.63, 3.8) is 0 Å². The number of nitro benzene ring substituents is 1. The summed E-state index contributed by atoms with van der Waals surface area (Å²) in [6.07, 6.45) is 1.12. The number of hydrogen-bond acceptors (Lipinski definition) is 6. The predicted octanol–water partition coefficient (Wildman–Crippen LogP) is 1.05. The van der Waals surface area contributed by atoms with E-state index in [0.717, 1.165) is 6.20 Å². The van der Waals surface area contributed by atoms with Crippen LogP contribution in [0.1, 0.15) is 5.56 Å². The van der Waals surface area contributed by atoms with Crippen molar-refractivity contribution in [1.29, 1.82) is 0 Å². The molecule has 0 unspecified atom stereocenters. The molecule has 2 aromatic rings. The second kappa shape index (κ2) is 5.85. The molecule has 21 heavy (non-hydrogen) atoms. The quantitative estimate of drug-likeness (QED) is 0.627. The lowest BCUT2D eigenvalue weighted by Gasteiger charge is -2.07. The Bertz CT molecular complexity index is 759. The zero-order valence-corrected chi connectivity index (χ0v) is 11.6. The van der Waals surface area contributed by atoms with Crippen molar-refractivity contribution in [1.82, 2.24) is 9.71 Å². The Kier molecular flexibility index (Phi) is 4.15. The second-order valence-corrected chi connectivity index (χ2v) is 5.90. The minimum atomic E-state index is -3.81. The van der Waals surface area contributed by atoms with Crippen molar-refractivity contribution in [2.24, 2.45) is 0 Å². The van der Waals surface area contributed by atoms with Crippen LogP contribution in [0.4, 0.5) is 11.5 Å². The van der Waals surface area contributed by atoms with Crippen LogP contribution in [0.5, 0.6) is 0 Å². The molecule has 0 saturated carbocycles. The first kappa shape index (κ1) is 14.9. The van der Waals surface area contributed by atoms with Crippen LogP contribution in [0.2, 0.25) is 0 Å². The second-order valence-electron chi connectivity index (χ2n) is 4.13. The number of para-hydroxylation sites is 1. The lowest BCUT2D eigenvalue weighted by Crippen LogP contribution is -2.23. The fourth-order valence-corrected chi connectivity index (χ4v) is 2.60. The number of nitrogens with two attached hydrogens (primary N) is 1. The number of rotatable bonds is 5. The Morgan fingerprint density at radius 2 is 1.95 bits per heavy atom. The largest absolute Gasteiger partial charge is 0.384 e. The van der Waals surface area contributed by atoms with E-state index in [9.17, 15) is 18.5 Å². The molecule has 0 aliphatic carbocycles. The first-order valence-electron chi connectivity index (χ1n) is 5.83. The van der Waals surface area contributed by atoms with Crippen LogP contribution in [-0.4, -0.2) is 18.3 Å². The molecule has 1 aromatic carbocycles. The van der Waals surface area contributed by atoms with Crippen LogP contribution in [0.3, 0.4) is 0 Å². The van der Waals surface area contributed by atoms with Crippen LogP contribution in [0.15, 0.2) is 47.5 Å². The maximum atomic E-state index is 12.0. The Hall–Kier alpha value is -2.52. The number of nitro groups is 1. The van der Waals surface area contributed by atoms with Crippen molar-refractivity contribution in [3.8, 4) is 0 Å². The minimum Gasteiger partial charge on any atom is -0.384 e. The molecule has 9 heteroatoms. The van der Waals surface area contributed by atoms with Gasteiger partial charge in [0.25, 0.3) is 5.69 Å². The molecular weight excluding hydrogens is 296 g/mol. The van der Waals surface area contributed by atoms with Crippen molar-refractivity contribution in [2.45, 2.75) is 11.4 Å². The minimum absolute atomic E-state index is 0.0599. The molecule has 3 N–H and O–H groups in total. The van der Waals surface area contributed by atoms with Crippen LogP contribution in [0, 0.1) is 10.1 Å². The van der Waals surface area contributed by atoms with Gasteiger partial charge >= 0.3 is 0 Å². The number of aromatic nitrogens is 1. The van der Waals surface area contributed by atoms with Crippen LogP contribution >= 0.6 is 0 Å². The topological polar surface area (TPSA) is 128 Å². The first-order valence-corrected chi connectivity index (χ1v) is 7.32. The number of benzene rings is 1. The molecule has 0 saturated heterocycles. The van der Waals surface area contributed by atoms with Gasteiger partial charge in [0.1, 0.15) is 10.7 Å². The molecule has 2 rings (SSSR count). The van der Waals surface area contributed by atoms with Gasteiger partial charge in [-0.2, -0.15) is 0 Å². The molecule has 0 bridgehead atoms. The van der Waals surface area contributed by atoms with E-state index in [1.165, 1.54) is 30.3 Å². The van der Waals surface area contributed by atoms with Gasteiger partial charge in [-0.3, -0.25) is 10.1 Å². The molecule has 0 aliphatic heterocycles. The lowest BCUT2D eigenvalue weighted by atomic mass is 10.2. The summed E-state index contributed by atoms with van der Waals surface area (Å²) in [6.45, 7) is -0.191. The Morgan fingerprint density at radius 3 is 2.57 bits per heavy atom. The van der Waals surface area contributed by atoms with Crippen molar-refractivity contribution < 1.29 is 13.3 Å². The van der Waals surface area contributed by atoms with Crippen LogP contribution in [-0.2, 0) is 16.6 Å². The Balaban J connectivity index is 2.19. The van der Waals surface area contributed by atoms with Gasteiger partial charge in [-0.1, -0.05) is 18.2 Å². The summed E-state index contributed by atoms with van der Waals surface area (Å²) in [4.78, 5) is 13.9. The number of sulfonamides is 1. The van der Waals surface area contributed by atoms with Gasteiger partial charge in [-0.05, 0) is 12.1 Å². The smallest absolute Gasteiger partial charge is 0.273 e. The SMILES string of the molecule is Nc1ccc(S(=O)(=O)NCc2ccccc2[N+](=O)[O-])cn1. The molecule has 0 atom stereocenters. The summed E-state index contributed by atoms with van der Waals surface area (Å²) < 4.78 is 26.4. The normalized spacial score (nSPS) is 11.2. The van der Waals surface area contributed by atoms with Crippen LogP contribution < -0.4 is 10.5 Å². The van der Waals surface area contributed by atoms with Crippen molar-refractivity contribution in [3.05, 3.63) is 58.3 Å². The van der Waals surface area contributed by atoms with Crippen molar-refractivity contribution in [2.75, 3.05) is 5.73 Å². The molecule has 0 radical (unpaired) electrons. The molecule has 1 heterocycles. The summed E-state index contributed by atoms with van der Waals surface area (Å²) in [6, 6.07) is 8.58. The number of anilines is 1. The molecule has 0 fully saturated rings. The van der Waals surface area contributed by atoms with E-state index < -0.39 is 14.9 Å². The molecular formula is C12H12N4O4S. The van der Waals surface area contributed by atoms with Gasteiger partial charge in [0.2, 0.25) is 10.0 Å². The number of nitrogens with zero attached hydrogens (tertiary/aromatic N) is 2. The Labute approximate surface area is 120 Å². The Morgan fingerprint density at radius 1 is 1.24 bits per heavy atom. The highest BCUT2D eigenvalue weighted by atomic mass is 32.2. The highest BCUT2D eigenvalue weighted by Crippen LogP contribution is 2.18. The summed E-state index contributed by atoms with van der Waals surface area (Å²) in [5.74, 6) is 0.202. The third-order valence-corrected chi connectivity index (χ3v) is 4.10. The number of hydrogen-bond donors (Lipinski definition) is 2.